The zero-order valence-corrected chi connectivity index (χ0v) is 18.0. The summed E-state index contributed by atoms with van der Waals surface area (Å²) >= 11 is 0. The normalized spacial score (nSPS) is 19.2. The molecule has 0 spiro atoms. The number of likely N-dealkylation sites (N-methyl/N-ethyl adjacent to an activating group) is 1. The topological polar surface area (TPSA) is 93.9 Å². The van der Waals surface area contributed by atoms with Gasteiger partial charge in [0.1, 0.15) is 5.58 Å². The van der Waals surface area contributed by atoms with Crippen LogP contribution in [0, 0.1) is 13.8 Å². The number of fused-ring (bicyclic) bond motifs is 1. The first kappa shape index (κ1) is 21.4. The van der Waals surface area contributed by atoms with E-state index in [1.54, 1.807) is 13.2 Å². The molecule has 7 nitrogen and oxygen atoms in total. The lowest BCUT2D eigenvalue weighted by molar-refractivity contribution is -0.159. The predicted molar refractivity (Wildman–Crippen MR) is 109 cm³/mol. The largest absolute Gasteiger partial charge is 0.464 e. The number of furan rings is 1. The summed E-state index contributed by atoms with van der Waals surface area (Å²) in [4.78, 5) is 26.7. The first-order valence-electron chi connectivity index (χ1n) is 9.79. The summed E-state index contributed by atoms with van der Waals surface area (Å²) in [7, 11) is -3.11. The van der Waals surface area contributed by atoms with Crippen LogP contribution >= 0.6 is 0 Å². The van der Waals surface area contributed by atoms with Gasteiger partial charge in [-0.2, -0.15) is 0 Å². The maximum atomic E-state index is 12.7. The molecule has 2 aromatic rings. The lowest BCUT2D eigenvalue weighted by Gasteiger charge is -2.29. The predicted octanol–water partition coefficient (Wildman–Crippen LogP) is 2.56. The quantitative estimate of drug-likeness (QED) is 0.666. The van der Waals surface area contributed by atoms with E-state index >= 15 is 0 Å². The molecule has 0 unspecified atom stereocenters. The van der Waals surface area contributed by atoms with Gasteiger partial charge in [0.15, 0.2) is 15.9 Å². The van der Waals surface area contributed by atoms with Crippen molar-refractivity contribution in [2.75, 3.05) is 18.1 Å². The van der Waals surface area contributed by atoms with Gasteiger partial charge in [0, 0.05) is 23.5 Å². The van der Waals surface area contributed by atoms with E-state index in [2.05, 4.69) is 0 Å². The van der Waals surface area contributed by atoms with Crippen molar-refractivity contribution in [3.05, 3.63) is 35.1 Å². The molecule has 1 aliphatic rings. The Hall–Kier alpha value is -2.35. The molecule has 1 amide bonds. The van der Waals surface area contributed by atoms with Crippen LogP contribution in [0.25, 0.3) is 11.0 Å². The molecule has 1 saturated heterocycles. The van der Waals surface area contributed by atoms with Crippen LogP contribution in [-0.4, -0.2) is 55.4 Å². The number of ether oxygens (including phenoxy) is 1. The Morgan fingerprint density at radius 3 is 2.66 bits per heavy atom. The molecule has 3 rings (SSSR count). The fourth-order valence-electron chi connectivity index (χ4n) is 3.82. The summed E-state index contributed by atoms with van der Waals surface area (Å²) in [6, 6.07) is 3.53. The maximum absolute atomic E-state index is 12.7. The highest BCUT2D eigenvalue weighted by atomic mass is 32.2. The van der Waals surface area contributed by atoms with E-state index in [-0.39, 0.29) is 29.9 Å². The van der Waals surface area contributed by atoms with Crippen LogP contribution < -0.4 is 0 Å². The van der Waals surface area contributed by atoms with Crippen molar-refractivity contribution in [1.82, 2.24) is 4.90 Å². The Morgan fingerprint density at radius 2 is 2.03 bits per heavy atom. The first-order chi connectivity index (χ1) is 13.6. The number of amides is 1. The van der Waals surface area contributed by atoms with Gasteiger partial charge in [-0.05, 0) is 45.2 Å². The minimum Gasteiger partial charge on any atom is -0.464 e. The highest BCUT2D eigenvalue weighted by Gasteiger charge is 2.36. The van der Waals surface area contributed by atoms with Gasteiger partial charge in [-0.3, -0.25) is 9.59 Å². The molecule has 2 atom stereocenters. The molecule has 0 radical (unpaired) electrons. The van der Waals surface area contributed by atoms with E-state index in [4.69, 9.17) is 9.15 Å². The first-order valence-corrected chi connectivity index (χ1v) is 11.6. The Balaban J connectivity index is 1.66. The van der Waals surface area contributed by atoms with Gasteiger partial charge in [0.25, 0.3) is 5.91 Å². The van der Waals surface area contributed by atoms with Gasteiger partial charge >= 0.3 is 5.97 Å². The van der Waals surface area contributed by atoms with Crippen LogP contribution in [0.15, 0.2) is 22.8 Å². The Kier molecular flexibility index (Phi) is 6.03. The molecule has 0 aliphatic carbocycles. The smallest absolute Gasteiger partial charge is 0.311 e. The molecule has 8 heteroatoms. The van der Waals surface area contributed by atoms with Gasteiger partial charge in [-0.15, -0.1) is 0 Å². The van der Waals surface area contributed by atoms with E-state index in [0.29, 0.717) is 18.5 Å². The molecule has 29 heavy (non-hydrogen) atoms. The van der Waals surface area contributed by atoms with E-state index in [1.165, 1.54) is 11.8 Å². The van der Waals surface area contributed by atoms with Gasteiger partial charge in [-0.25, -0.2) is 8.42 Å². The second kappa shape index (κ2) is 8.18. The summed E-state index contributed by atoms with van der Waals surface area (Å²) in [5.41, 5.74) is 3.59. The van der Waals surface area contributed by atoms with Crippen molar-refractivity contribution in [2.24, 2.45) is 0 Å². The summed E-state index contributed by atoms with van der Waals surface area (Å²) in [5.74, 6) is -0.844. The molecule has 2 heterocycles. The molecule has 0 saturated carbocycles. The van der Waals surface area contributed by atoms with Crippen molar-refractivity contribution >= 4 is 32.7 Å². The van der Waals surface area contributed by atoms with Crippen molar-refractivity contribution in [3.63, 3.8) is 0 Å². The second-order valence-corrected chi connectivity index (χ2v) is 9.86. The van der Waals surface area contributed by atoms with E-state index in [1.807, 2.05) is 26.0 Å². The number of rotatable bonds is 6. The average Bonchev–Trinajstić information content (AvgIpc) is 3.22. The average molecular weight is 422 g/mol. The Bertz CT molecular complexity index is 1040. The molecule has 1 aliphatic heterocycles. The van der Waals surface area contributed by atoms with Crippen LogP contribution in [0.3, 0.4) is 0 Å². The fourth-order valence-corrected chi connectivity index (χ4v) is 5.55. The van der Waals surface area contributed by atoms with Crippen LogP contribution in [-0.2, 0) is 30.6 Å². The lowest BCUT2D eigenvalue weighted by atomic mass is 10.0. The Labute approximate surface area is 170 Å². The van der Waals surface area contributed by atoms with Gasteiger partial charge in [0.2, 0.25) is 0 Å². The zero-order chi connectivity index (χ0) is 21.3. The van der Waals surface area contributed by atoms with Crippen molar-refractivity contribution in [1.29, 1.82) is 0 Å². The fraction of sp³-hybridized carbons (Fsp3) is 0.524. The number of hydrogen-bond donors (Lipinski definition) is 0. The number of carbonyl (C=O) groups is 2. The molecule has 158 valence electrons. The van der Waals surface area contributed by atoms with Crippen LogP contribution in [0.1, 0.15) is 37.0 Å². The van der Waals surface area contributed by atoms with Gasteiger partial charge in [0.05, 0.1) is 24.2 Å². The highest BCUT2D eigenvalue weighted by Crippen LogP contribution is 2.27. The monoisotopic (exact) mass is 421 g/mol. The third kappa shape index (κ3) is 4.47. The number of sulfone groups is 1. The number of hydrogen-bond acceptors (Lipinski definition) is 6. The highest BCUT2D eigenvalue weighted by molar-refractivity contribution is 7.91. The standard InChI is InChI=1S/C21H27NO6S/c1-5-22(17-8-9-29(25,26)12-17)21(24)15(4)28-19(23)10-16-11-27-20-14(3)13(2)6-7-18(16)20/h6-7,11,15,17H,5,8-10,12H2,1-4H3/t15-,17-/m0/s1. The third-order valence-corrected chi connectivity index (χ3v) is 7.36. The zero-order valence-electron chi connectivity index (χ0n) is 17.2. The number of nitrogens with zero attached hydrogens (tertiary/aromatic N) is 1. The van der Waals surface area contributed by atoms with Crippen LogP contribution in [0.2, 0.25) is 0 Å². The van der Waals surface area contributed by atoms with E-state index < -0.39 is 21.9 Å². The molecule has 1 fully saturated rings. The van der Waals surface area contributed by atoms with E-state index in [9.17, 15) is 18.0 Å². The summed E-state index contributed by atoms with van der Waals surface area (Å²) in [5, 5.41) is 0.857. The molecule has 1 aromatic heterocycles. The second-order valence-electron chi connectivity index (χ2n) is 7.64. The SMILES string of the molecule is CCN(C(=O)[C@H](C)OC(=O)Cc1coc2c(C)c(C)ccc12)[C@H]1CCS(=O)(=O)C1. The summed E-state index contributed by atoms with van der Waals surface area (Å²) in [6.07, 6.45) is 0.985. The van der Waals surface area contributed by atoms with Crippen molar-refractivity contribution in [3.8, 4) is 0 Å². The number of carbonyl (C=O) groups excluding carboxylic acids is 2. The van der Waals surface area contributed by atoms with Gasteiger partial charge < -0.3 is 14.1 Å². The molecule has 0 bridgehead atoms. The minimum atomic E-state index is -3.11. The summed E-state index contributed by atoms with van der Waals surface area (Å²) in [6.45, 7) is 7.64. The van der Waals surface area contributed by atoms with Gasteiger partial charge in [-0.1, -0.05) is 12.1 Å². The number of esters is 1. The third-order valence-electron chi connectivity index (χ3n) is 5.61. The van der Waals surface area contributed by atoms with E-state index in [0.717, 1.165) is 22.1 Å². The van der Waals surface area contributed by atoms with Crippen molar-refractivity contribution < 1.29 is 27.2 Å². The maximum Gasteiger partial charge on any atom is 0.311 e. The number of aryl methyl sites for hydroxylation is 2. The molecule has 1 aromatic carbocycles. The van der Waals surface area contributed by atoms with Crippen LogP contribution in [0.4, 0.5) is 0 Å². The minimum absolute atomic E-state index is 0.00292. The molecular weight excluding hydrogens is 394 g/mol. The van der Waals surface area contributed by atoms with Crippen molar-refractivity contribution in [2.45, 2.75) is 52.7 Å². The lowest BCUT2D eigenvalue weighted by Crippen LogP contribution is -2.46. The Morgan fingerprint density at radius 1 is 1.31 bits per heavy atom. The molecule has 0 N–H and O–H groups in total. The molecular formula is C21H27NO6S. The van der Waals surface area contributed by atoms with Crippen LogP contribution in [0.5, 0.6) is 0 Å². The number of benzene rings is 1. The summed E-state index contributed by atoms with van der Waals surface area (Å²) < 4.78 is 34.4.